The van der Waals surface area contributed by atoms with E-state index in [4.69, 9.17) is 5.73 Å². The van der Waals surface area contributed by atoms with Gasteiger partial charge in [-0.2, -0.15) is 0 Å². The Kier molecular flexibility index (Phi) is 3.63. The zero-order chi connectivity index (χ0) is 11.2. The molecule has 2 rings (SSSR count). The van der Waals surface area contributed by atoms with Crippen LogP contribution in [0, 0.1) is 0 Å². The second kappa shape index (κ2) is 5.39. The fraction of sp³-hybridized carbons (Fsp3) is 0.273. The van der Waals surface area contributed by atoms with Gasteiger partial charge >= 0.3 is 0 Å². The average molecular weight is 217 g/mol. The van der Waals surface area contributed by atoms with Crippen molar-refractivity contribution in [2.75, 3.05) is 13.1 Å². The maximum Gasteiger partial charge on any atom is 0.156 e. The number of nitrogens with two attached hydrogens (primary N) is 1. The number of pyridine rings is 1. The molecule has 0 radical (unpaired) electrons. The Bertz CT molecular complexity index is 423. The number of nitrogens with zero attached hydrogens (tertiary/aromatic N) is 2. The van der Waals surface area contributed by atoms with Gasteiger partial charge in [-0.3, -0.25) is 4.98 Å². The Hall–Kier alpha value is -1.72. The van der Waals surface area contributed by atoms with E-state index in [1.54, 1.807) is 6.20 Å². The highest BCUT2D eigenvalue weighted by Crippen LogP contribution is 2.11. The molecule has 16 heavy (non-hydrogen) atoms. The van der Waals surface area contributed by atoms with E-state index in [1.165, 1.54) is 0 Å². The summed E-state index contributed by atoms with van der Waals surface area (Å²) in [5.74, 6) is 0.796. The zero-order valence-electron chi connectivity index (χ0n) is 8.98. The minimum atomic E-state index is 0.640. The molecule has 84 valence electrons. The predicted octanol–water partition coefficient (Wildman–Crippen LogP) is 0.520. The molecule has 0 bridgehead atoms. The van der Waals surface area contributed by atoms with Crippen LogP contribution in [0.4, 0.5) is 0 Å². The Balaban J connectivity index is 2.02. The first-order valence-corrected chi connectivity index (χ1v) is 5.26. The van der Waals surface area contributed by atoms with Crippen LogP contribution in [0.3, 0.4) is 0 Å². The Morgan fingerprint density at radius 3 is 3.00 bits per heavy atom. The van der Waals surface area contributed by atoms with Gasteiger partial charge < -0.3 is 16.0 Å². The molecule has 2 aromatic rings. The van der Waals surface area contributed by atoms with Gasteiger partial charge in [-0.15, -0.1) is 0 Å². The number of H-pyrrole nitrogens is 1. The smallest absolute Gasteiger partial charge is 0.156 e. The second-order valence-corrected chi connectivity index (χ2v) is 3.44. The molecule has 0 aromatic carbocycles. The minimum absolute atomic E-state index is 0.640. The average Bonchev–Trinajstić information content (AvgIpc) is 2.79. The van der Waals surface area contributed by atoms with Gasteiger partial charge in [0.1, 0.15) is 5.69 Å². The van der Waals surface area contributed by atoms with Gasteiger partial charge in [-0.05, 0) is 12.1 Å². The number of rotatable bonds is 5. The maximum absolute atomic E-state index is 5.39. The molecule has 0 fully saturated rings. The lowest BCUT2D eigenvalue weighted by Gasteiger charge is -1.99. The molecular formula is C11H15N5. The fourth-order valence-electron chi connectivity index (χ4n) is 1.41. The highest BCUT2D eigenvalue weighted by Gasteiger charge is 2.03. The summed E-state index contributed by atoms with van der Waals surface area (Å²) in [6, 6.07) is 5.75. The summed E-state index contributed by atoms with van der Waals surface area (Å²) in [6.07, 6.45) is 3.57. The Labute approximate surface area is 94.1 Å². The number of aromatic nitrogens is 3. The number of hydrogen-bond acceptors (Lipinski definition) is 4. The first-order valence-electron chi connectivity index (χ1n) is 5.26. The van der Waals surface area contributed by atoms with E-state index < -0.39 is 0 Å². The standard InChI is InChI=1S/C11H15N5/c12-4-6-13-7-9-8-15-11(16-9)10-3-1-2-5-14-10/h1-3,5,8,13H,4,6-7,12H2,(H,15,16). The van der Waals surface area contributed by atoms with Gasteiger partial charge in [0.2, 0.25) is 0 Å². The van der Waals surface area contributed by atoms with E-state index >= 15 is 0 Å². The molecule has 5 heteroatoms. The normalized spacial score (nSPS) is 10.6. The summed E-state index contributed by atoms with van der Waals surface area (Å²) in [6.45, 7) is 2.19. The second-order valence-electron chi connectivity index (χ2n) is 3.44. The summed E-state index contributed by atoms with van der Waals surface area (Å²) in [5.41, 5.74) is 7.28. The van der Waals surface area contributed by atoms with Crippen LogP contribution in [0.1, 0.15) is 5.69 Å². The Morgan fingerprint density at radius 1 is 1.31 bits per heavy atom. The van der Waals surface area contributed by atoms with Gasteiger partial charge in [-0.1, -0.05) is 6.07 Å². The van der Waals surface area contributed by atoms with E-state index in [1.807, 2.05) is 24.4 Å². The van der Waals surface area contributed by atoms with Crippen molar-refractivity contribution < 1.29 is 0 Å². The van der Waals surface area contributed by atoms with E-state index in [9.17, 15) is 0 Å². The number of hydrogen-bond donors (Lipinski definition) is 3. The third-order valence-electron chi connectivity index (χ3n) is 2.17. The van der Waals surface area contributed by atoms with Crippen LogP contribution < -0.4 is 11.1 Å². The molecule has 0 aliphatic carbocycles. The lowest BCUT2D eigenvalue weighted by Crippen LogP contribution is -2.21. The van der Waals surface area contributed by atoms with Crippen molar-refractivity contribution in [2.24, 2.45) is 5.73 Å². The van der Waals surface area contributed by atoms with Crippen LogP contribution >= 0.6 is 0 Å². The lowest BCUT2D eigenvalue weighted by molar-refractivity contribution is 0.685. The molecule has 5 nitrogen and oxygen atoms in total. The predicted molar refractivity (Wildman–Crippen MR) is 62.6 cm³/mol. The van der Waals surface area contributed by atoms with Crippen molar-refractivity contribution in [3.05, 3.63) is 36.3 Å². The van der Waals surface area contributed by atoms with Crippen LogP contribution in [-0.4, -0.2) is 28.0 Å². The molecule has 0 saturated carbocycles. The summed E-state index contributed by atoms with van der Waals surface area (Å²) in [5, 5.41) is 3.20. The minimum Gasteiger partial charge on any atom is -0.339 e. The van der Waals surface area contributed by atoms with Crippen LogP contribution in [0.2, 0.25) is 0 Å². The van der Waals surface area contributed by atoms with Crippen molar-refractivity contribution >= 4 is 0 Å². The van der Waals surface area contributed by atoms with Gasteiger partial charge in [0.05, 0.1) is 6.20 Å². The van der Waals surface area contributed by atoms with E-state index in [0.29, 0.717) is 6.54 Å². The van der Waals surface area contributed by atoms with Crippen LogP contribution in [0.5, 0.6) is 0 Å². The Morgan fingerprint density at radius 2 is 2.25 bits per heavy atom. The van der Waals surface area contributed by atoms with Crippen molar-refractivity contribution in [1.29, 1.82) is 0 Å². The molecule has 2 heterocycles. The highest BCUT2D eigenvalue weighted by molar-refractivity contribution is 5.48. The zero-order valence-corrected chi connectivity index (χ0v) is 8.98. The number of nitrogens with one attached hydrogen (secondary N) is 2. The molecule has 0 saturated heterocycles. The van der Waals surface area contributed by atoms with E-state index in [0.717, 1.165) is 30.3 Å². The van der Waals surface area contributed by atoms with Gasteiger partial charge in [0, 0.05) is 31.5 Å². The fourth-order valence-corrected chi connectivity index (χ4v) is 1.41. The molecule has 0 unspecified atom stereocenters. The molecule has 0 spiro atoms. The molecule has 2 aromatic heterocycles. The van der Waals surface area contributed by atoms with E-state index in [2.05, 4.69) is 20.3 Å². The SMILES string of the molecule is NCCNCc1cnc(-c2ccccn2)[nH]1. The van der Waals surface area contributed by atoms with Crippen molar-refractivity contribution in [3.63, 3.8) is 0 Å². The number of imidazole rings is 1. The summed E-state index contributed by atoms with van der Waals surface area (Å²) < 4.78 is 0. The van der Waals surface area contributed by atoms with Gasteiger partial charge in [0.25, 0.3) is 0 Å². The van der Waals surface area contributed by atoms with Crippen molar-refractivity contribution in [1.82, 2.24) is 20.3 Å². The van der Waals surface area contributed by atoms with Crippen molar-refractivity contribution in [2.45, 2.75) is 6.54 Å². The molecule has 0 aliphatic rings. The topological polar surface area (TPSA) is 79.6 Å². The summed E-state index contributed by atoms with van der Waals surface area (Å²) in [7, 11) is 0. The van der Waals surface area contributed by atoms with Crippen LogP contribution in [-0.2, 0) is 6.54 Å². The molecule has 0 atom stereocenters. The van der Waals surface area contributed by atoms with Crippen LogP contribution in [0.15, 0.2) is 30.6 Å². The van der Waals surface area contributed by atoms with Gasteiger partial charge in [0.15, 0.2) is 5.82 Å². The van der Waals surface area contributed by atoms with E-state index in [-0.39, 0.29) is 0 Å². The van der Waals surface area contributed by atoms with Gasteiger partial charge in [-0.25, -0.2) is 4.98 Å². The van der Waals surface area contributed by atoms with Crippen LogP contribution in [0.25, 0.3) is 11.5 Å². The highest BCUT2D eigenvalue weighted by atomic mass is 15.0. The monoisotopic (exact) mass is 217 g/mol. The molecule has 4 N–H and O–H groups in total. The largest absolute Gasteiger partial charge is 0.339 e. The third kappa shape index (κ3) is 2.65. The molecule has 0 aliphatic heterocycles. The molecule has 0 amide bonds. The quantitative estimate of drug-likeness (QED) is 0.638. The van der Waals surface area contributed by atoms with Crippen molar-refractivity contribution in [3.8, 4) is 11.5 Å². The lowest BCUT2D eigenvalue weighted by atomic mass is 10.3. The summed E-state index contributed by atoms with van der Waals surface area (Å²) in [4.78, 5) is 11.7. The summed E-state index contributed by atoms with van der Waals surface area (Å²) >= 11 is 0. The molecular weight excluding hydrogens is 202 g/mol. The first-order chi connectivity index (χ1) is 7.90. The number of aromatic amines is 1. The first kappa shape index (κ1) is 10.8. The maximum atomic E-state index is 5.39. The third-order valence-corrected chi connectivity index (χ3v) is 2.17.